The minimum absolute atomic E-state index is 0.0392. The molecule has 1 fully saturated rings. The Bertz CT molecular complexity index is 411. The third kappa shape index (κ3) is 2.79. The van der Waals surface area contributed by atoms with Crippen molar-refractivity contribution >= 4 is 17.5 Å². The second kappa shape index (κ2) is 5.51. The molecule has 0 aromatic carbocycles. The quantitative estimate of drug-likeness (QED) is 0.759. The summed E-state index contributed by atoms with van der Waals surface area (Å²) in [6.07, 6.45) is 3.22. The number of likely N-dealkylation sites (N-methyl/N-ethyl adjacent to an activating group) is 1. The van der Waals surface area contributed by atoms with E-state index in [0.29, 0.717) is 11.3 Å². The van der Waals surface area contributed by atoms with E-state index in [1.807, 2.05) is 18.8 Å². The number of Topliss-reactive ketones (excluding diaryl/α,β-unsaturated/α-hetero) is 1. The normalized spacial score (nSPS) is 21.2. The second-order valence-electron chi connectivity index (χ2n) is 4.05. The third-order valence-corrected chi connectivity index (χ3v) is 3.95. The Kier molecular flexibility index (Phi) is 4.02. The molecule has 17 heavy (non-hydrogen) atoms. The summed E-state index contributed by atoms with van der Waals surface area (Å²) >= 11 is 1.83. The summed E-state index contributed by atoms with van der Waals surface area (Å²) in [5, 5.41) is 0. The van der Waals surface area contributed by atoms with Gasteiger partial charge in [-0.1, -0.05) is 0 Å². The van der Waals surface area contributed by atoms with Crippen LogP contribution in [0, 0.1) is 0 Å². The van der Waals surface area contributed by atoms with Crippen LogP contribution in [-0.4, -0.2) is 53.9 Å². The maximum absolute atomic E-state index is 12.3. The summed E-state index contributed by atoms with van der Waals surface area (Å²) in [6, 6.07) is 1.71. The van der Waals surface area contributed by atoms with Gasteiger partial charge in [0, 0.05) is 29.8 Å². The highest BCUT2D eigenvalue weighted by Crippen LogP contribution is 2.20. The van der Waals surface area contributed by atoms with Crippen molar-refractivity contribution in [2.75, 3.05) is 32.2 Å². The molecule has 1 aliphatic rings. The van der Waals surface area contributed by atoms with Gasteiger partial charge in [-0.05, 0) is 13.1 Å². The highest BCUT2D eigenvalue weighted by molar-refractivity contribution is 7.99. The summed E-state index contributed by atoms with van der Waals surface area (Å²) in [6.45, 7) is 0.957. The lowest BCUT2D eigenvalue weighted by atomic mass is 10.1. The summed E-state index contributed by atoms with van der Waals surface area (Å²) in [7, 11) is 3.57. The van der Waals surface area contributed by atoms with Gasteiger partial charge in [-0.25, -0.2) is 0 Å². The number of thioether (sulfide) groups is 1. The number of carbonyl (C=O) groups is 1. The first-order valence-corrected chi connectivity index (χ1v) is 6.69. The van der Waals surface area contributed by atoms with Crippen molar-refractivity contribution in [3.63, 3.8) is 0 Å². The molecule has 0 radical (unpaired) electrons. The van der Waals surface area contributed by atoms with Crippen LogP contribution in [0.4, 0.5) is 0 Å². The number of hydrogen-bond acceptors (Lipinski definition) is 5. The molecule has 92 valence electrons. The lowest BCUT2D eigenvalue weighted by Crippen LogP contribution is -2.44. The zero-order valence-corrected chi connectivity index (χ0v) is 10.9. The van der Waals surface area contributed by atoms with Crippen LogP contribution in [0.15, 0.2) is 18.5 Å². The standard InChI is InChI=1S/C12H16N2O2S/c1-14-3-4-17-8-11(14)12(15)9-5-10(16-2)7-13-6-9/h5-7,11H,3-4,8H2,1-2H3. The summed E-state index contributed by atoms with van der Waals surface area (Å²) in [5.74, 6) is 2.71. The number of ketones is 1. The highest BCUT2D eigenvalue weighted by atomic mass is 32.2. The molecule has 0 saturated carbocycles. The van der Waals surface area contributed by atoms with Crippen LogP contribution in [0.3, 0.4) is 0 Å². The van der Waals surface area contributed by atoms with Crippen molar-refractivity contribution in [2.24, 2.45) is 0 Å². The molecule has 0 amide bonds. The molecule has 1 saturated heterocycles. The Labute approximate surface area is 105 Å². The van der Waals surface area contributed by atoms with Gasteiger partial charge in [-0.15, -0.1) is 0 Å². The number of rotatable bonds is 3. The predicted molar refractivity (Wildman–Crippen MR) is 68.9 cm³/mol. The van der Waals surface area contributed by atoms with Gasteiger partial charge in [0.2, 0.25) is 0 Å². The van der Waals surface area contributed by atoms with E-state index in [1.54, 1.807) is 25.6 Å². The molecule has 0 aliphatic carbocycles. The van der Waals surface area contributed by atoms with E-state index in [9.17, 15) is 4.79 Å². The molecule has 1 aliphatic heterocycles. The van der Waals surface area contributed by atoms with Gasteiger partial charge < -0.3 is 4.74 Å². The average Bonchev–Trinajstić information content (AvgIpc) is 2.38. The van der Waals surface area contributed by atoms with Crippen molar-refractivity contribution in [3.05, 3.63) is 24.0 Å². The predicted octanol–water partition coefficient (Wildman–Crippen LogP) is 1.32. The molecule has 2 rings (SSSR count). The summed E-state index contributed by atoms with van der Waals surface area (Å²) in [5.41, 5.74) is 0.628. The number of ether oxygens (including phenoxy) is 1. The van der Waals surface area contributed by atoms with Gasteiger partial charge in [0.15, 0.2) is 5.78 Å². The van der Waals surface area contributed by atoms with Crippen molar-refractivity contribution in [3.8, 4) is 5.75 Å². The molecule has 1 aromatic heterocycles. The molecule has 0 spiro atoms. The molecular formula is C12H16N2O2S. The third-order valence-electron chi connectivity index (χ3n) is 2.93. The Hall–Kier alpha value is -1.07. The first-order valence-electron chi connectivity index (χ1n) is 5.53. The van der Waals surface area contributed by atoms with Gasteiger partial charge in [-0.3, -0.25) is 14.7 Å². The first-order chi connectivity index (χ1) is 8.22. The van der Waals surface area contributed by atoms with Crippen molar-refractivity contribution in [2.45, 2.75) is 6.04 Å². The van der Waals surface area contributed by atoms with Gasteiger partial charge in [0.05, 0.1) is 19.3 Å². The number of pyridine rings is 1. The molecule has 2 heterocycles. The van der Waals surface area contributed by atoms with Gasteiger partial charge in [-0.2, -0.15) is 11.8 Å². The molecule has 1 aromatic rings. The highest BCUT2D eigenvalue weighted by Gasteiger charge is 2.27. The van der Waals surface area contributed by atoms with E-state index in [4.69, 9.17) is 4.74 Å². The van der Waals surface area contributed by atoms with Gasteiger partial charge >= 0.3 is 0 Å². The average molecular weight is 252 g/mol. The maximum atomic E-state index is 12.3. The van der Waals surface area contributed by atoms with E-state index in [-0.39, 0.29) is 11.8 Å². The van der Waals surface area contributed by atoms with E-state index in [0.717, 1.165) is 18.1 Å². The Morgan fingerprint density at radius 3 is 3.12 bits per heavy atom. The van der Waals surface area contributed by atoms with E-state index < -0.39 is 0 Å². The smallest absolute Gasteiger partial charge is 0.182 e. The Morgan fingerprint density at radius 2 is 2.41 bits per heavy atom. The fraction of sp³-hybridized carbons (Fsp3) is 0.500. The first kappa shape index (κ1) is 12.4. The monoisotopic (exact) mass is 252 g/mol. The lowest BCUT2D eigenvalue weighted by molar-refractivity contribution is 0.0874. The number of nitrogens with zero attached hydrogens (tertiary/aromatic N) is 2. The number of carbonyl (C=O) groups excluding carboxylic acids is 1. The lowest BCUT2D eigenvalue weighted by Gasteiger charge is -2.30. The zero-order valence-electron chi connectivity index (χ0n) is 10.0. The molecule has 0 bridgehead atoms. The van der Waals surface area contributed by atoms with E-state index in [1.165, 1.54) is 0 Å². The minimum atomic E-state index is -0.0392. The number of aromatic nitrogens is 1. The van der Waals surface area contributed by atoms with Crippen LogP contribution in [0.1, 0.15) is 10.4 Å². The molecule has 5 heteroatoms. The van der Waals surface area contributed by atoms with E-state index >= 15 is 0 Å². The van der Waals surface area contributed by atoms with Crippen molar-refractivity contribution in [1.29, 1.82) is 0 Å². The summed E-state index contributed by atoms with van der Waals surface area (Å²) < 4.78 is 5.09. The Balaban J connectivity index is 2.17. The molecule has 1 unspecified atom stereocenters. The molecule has 0 N–H and O–H groups in total. The van der Waals surface area contributed by atoms with Crippen LogP contribution in [0.5, 0.6) is 5.75 Å². The topological polar surface area (TPSA) is 42.4 Å². The summed E-state index contributed by atoms with van der Waals surface area (Å²) in [4.78, 5) is 18.5. The van der Waals surface area contributed by atoms with Gasteiger partial charge in [0.25, 0.3) is 0 Å². The largest absolute Gasteiger partial charge is 0.495 e. The fourth-order valence-electron chi connectivity index (χ4n) is 1.82. The SMILES string of the molecule is COc1cncc(C(=O)C2CSCCN2C)c1. The van der Waals surface area contributed by atoms with Gasteiger partial charge in [0.1, 0.15) is 5.75 Å². The maximum Gasteiger partial charge on any atom is 0.182 e. The van der Waals surface area contributed by atoms with E-state index in [2.05, 4.69) is 9.88 Å². The van der Waals surface area contributed by atoms with Crippen LogP contribution in [0.25, 0.3) is 0 Å². The van der Waals surface area contributed by atoms with Crippen LogP contribution in [-0.2, 0) is 0 Å². The van der Waals surface area contributed by atoms with Crippen LogP contribution < -0.4 is 4.74 Å². The van der Waals surface area contributed by atoms with Crippen molar-refractivity contribution < 1.29 is 9.53 Å². The van der Waals surface area contributed by atoms with Crippen LogP contribution >= 0.6 is 11.8 Å². The number of methoxy groups -OCH3 is 1. The van der Waals surface area contributed by atoms with Crippen molar-refractivity contribution in [1.82, 2.24) is 9.88 Å². The second-order valence-corrected chi connectivity index (χ2v) is 5.20. The number of hydrogen-bond donors (Lipinski definition) is 0. The molecular weight excluding hydrogens is 236 g/mol. The Morgan fingerprint density at radius 1 is 1.59 bits per heavy atom. The zero-order chi connectivity index (χ0) is 12.3. The minimum Gasteiger partial charge on any atom is -0.495 e. The fourth-order valence-corrected chi connectivity index (χ4v) is 3.03. The molecule has 1 atom stereocenters. The molecule has 4 nitrogen and oxygen atoms in total. The van der Waals surface area contributed by atoms with Crippen LogP contribution in [0.2, 0.25) is 0 Å².